The van der Waals surface area contributed by atoms with Crippen molar-refractivity contribution in [1.29, 1.82) is 0 Å². The van der Waals surface area contributed by atoms with E-state index in [1.165, 1.54) is 0 Å². The van der Waals surface area contributed by atoms with Gasteiger partial charge < -0.3 is 0 Å². The second-order valence-electron chi connectivity index (χ2n) is 4.38. The molecule has 0 spiro atoms. The maximum atomic E-state index is 11.9. The van der Waals surface area contributed by atoms with Crippen LogP contribution in [0.4, 0.5) is 0 Å². The monoisotopic (exact) mass is 233 g/mol. The predicted molar refractivity (Wildman–Crippen MR) is 67.9 cm³/mol. The molecule has 1 heterocycles. The van der Waals surface area contributed by atoms with Gasteiger partial charge in [0, 0.05) is 28.1 Å². The summed E-state index contributed by atoms with van der Waals surface area (Å²) in [6, 6.07) is 11.0. The van der Waals surface area contributed by atoms with E-state index in [4.69, 9.17) is 0 Å². The number of pyridine rings is 1. The third-order valence-corrected chi connectivity index (χ3v) is 3.44. The molecule has 0 atom stereocenters. The Kier molecular flexibility index (Phi) is 1.59. The Morgan fingerprint density at radius 1 is 0.833 bits per heavy atom. The number of Topliss-reactive ketones (excluding diaryl/α,β-unsaturated/α-hetero) is 2. The van der Waals surface area contributed by atoms with Crippen molar-refractivity contribution in [1.82, 2.24) is 4.98 Å². The highest BCUT2D eigenvalue weighted by molar-refractivity contribution is 6.57. The lowest BCUT2D eigenvalue weighted by atomic mass is 10.0. The first-order chi connectivity index (χ1) is 8.77. The highest BCUT2D eigenvalue weighted by Crippen LogP contribution is 2.35. The van der Waals surface area contributed by atoms with Crippen molar-refractivity contribution in [3.05, 3.63) is 53.7 Å². The first kappa shape index (κ1) is 9.48. The second-order valence-corrected chi connectivity index (χ2v) is 4.38. The normalized spacial score (nSPS) is 13.8. The number of hydrogen-bond acceptors (Lipinski definition) is 3. The van der Waals surface area contributed by atoms with E-state index in [2.05, 4.69) is 4.98 Å². The number of ketones is 2. The summed E-state index contributed by atoms with van der Waals surface area (Å²) < 4.78 is 0. The third-order valence-electron chi connectivity index (χ3n) is 3.44. The number of rotatable bonds is 0. The molecule has 0 fully saturated rings. The van der Waals surface area contributed by atoms with Crippen LogP contribution in [-0.2, 0) is 0 Å². The van der Waals surface area contributed by atoms with E-state index in [0.717, 1.165) is 21.7 Å². The third kappa shape index (κ3) is 0.966. The molecule has 0 aliphatic heterocycles. The van der Waals surface area contributed by atoms with Crippen molar-refractivity contribution in [2.75, 3.05) is 0 Å². The number of carbonyl (C=O) groups is 2. The van der Waals surface area contributed by atoms with E-state index in [0.29, 0.717) is 11.1 Å². The molecule has 3 nitrogen and oxygen atoms in total. The van der Waals surface area contributed by atoms with Crippen LogP contribution in [0.25, 0.3) is 21.7 Å². The Balaban J connectivity index is 2.37. The molecule has 0 bridgehead atoms. The number of hydrogen-bond donors (Lipinski definition) is 0. The molecule has 0 saturated carbocycles. The van der Waals surface area contributed by atoms with Crippen LogP contribution in [-0.4, -0.2) is 16.6 Å². The molecule has 0 N–H and O–H groups in total. The summed E-state index contributed by atoms with van der Waals surface area (Å²) in [6.45, 7) is 0. The lowest BCUT2D eigenvalue weighted by Crippen LogP contribution is -2.06. The second kappa shape index (κ2) is 3.01. The molecule has 0 unspecified atom stereocenters. The lowest BCUT2D eigenvalue weighted by molar-refractivity contribution is 0.0825. The molecule has 1 aliphatic rings. The Morgan fingerprint density at radius 3 is 2.50 bits per heavy atom. The van der Waals surface area contributed by atoms with Gasteiger partial charge in [0.25, 0.3) is 0 Å². The van der Waals surface area contributed by atoms with E-state index >= 15 is 0 Å². The van der Waals surface area contributed by atoms with Crippen molar-refractivity contribution >= 4 is 33.2 Å². The van der Waals surface area contributed by atoms with E-state index in [1.807, 2.05) is 24.3 Å². The molecule has 0 amide bonds. The molecule has 4 rings (SSSR count). The van der Waals surface area contributed by atoms with Crippen molar-refractivity contribution in [2.24, 2.45) is 0 Å². The van der Waals surface area contributed by atoms with E-state index in [9.17, 15) is 9.59 Å². The van der Waals surface area contributed by atoms with Gasteiger partial charge in [-0.3, -0.25) is 14.6 Å². The lowest BCUT2D eigenvalue weighted by Gasteiger charge is -2.04. The summed E-state index contributed by atoms with van der Waals surface area (Å²) >= 11 is 0. The summed E-state index contributed by atoms with van der Waals surface area (Å²) in [4.78, 5) is 28.1. The van der Waals surface area contributed by atoms with E-state index in [1.54, 1.807) is 18.3 Å². The zero-order valence-electron chi connectivity index (χ0n) is 9.31. The summed E-state index contributed by atoms with van der Waals surface area (Å²) in [7, 11) is 0. The molecule has 2 aromatic carbocycles. The Hall–Kier alpha value is -2.55. The molecular formula is C15H7NO2. The van der Waals surface area contributed by atoms with Gasteiger partial charge in [-0.05, 0) is 17.5 Å². The molecule has 0 radical (unpaired) electrons. The van der Waals surface area contributed by atoms with Gasteiger partial charge in [-0.2, -0.15) is 0 Å². The highest BCUT2D eigenvalue weighted by Gasteiger charge is 2.31. The topological polar surface area (TPSA) is 47.0 Å². The maximum Gasteiger partial charge on any atom is 0.234 e. The van der Waals surface area contributed by atoms with Crippen LogP contribution >= 0.6 is 0 Å². The summed E-state index contributed by atoms with van der Waals surface area (Å²) in [5.41, 5.74) is 1.75. The minimum absolute atomic E-state index is 0.411. The van der Waals surface area contributed by atoms with Crippen molar-refractivity contribution < 1.29 is 9.59 Å². The highest BCUT2D eigenvalue weighted by atomic mass is 16.2. The van der Waals surface area contributed by atoms with Crippen LogP contribution in [0.15, 0.2) is 42.6 Å². The van der Waals surface area contributed by atoms with Crippen molar-refractivity contribution in [3.63, 3.8) is 0 Å². The van der Waals surface area contributed by atoms with Gasteiger partial charge >= 0.3 is 0 Å². The van der Waals surface area contributed by atoms with Crippen LogP contribution in [0.1, 0.15) is 20.7 Å². The van der Waals surface area contributed by atoms with Gasteiger partial charge in [-0.1, -0.05) is 24.3 Å². The van der Waals surface area contributed by atoms with Crippen LogP contribution in [0.5, 0.6) is 0 Å². The molecule has 3 aromatic rings. The fraction of sp³-hybridized carbons (Fsp3) is 0. The predicted octanol–water partition coefficient (Wildman–Crippen LogP) is 2.77. The quantitative estimate of drug-likeness (QED) is 0.443. The van der Waals surface area contributed by atoms with E-state index < -0.39 is 11.6 Å². The Labute approximate surface area is 102 Å². The van der Waals surface area contributed by atoms with Crippen molar-refractivity contribution in [2.45, 2.75) is 0 Å². The zero-order chi connectivity index (χ0) is 12.3. The summed E-state index contributed by atoms with van der Waals surface area (Å²) in [6.07, 6.45) is 1.69. The maximum absolute atomic E-state index is 11.9. The molecule has 84 valence electrons. The minimum Gasteiger partial charge on any atom is -0.285 e. The van der Waals surface area contributed by atoms with E-state index in [-0.39, 0.29) is 0 Å². The smallest absolute Gasteiger partial charge is 0.234 e. The average molecular weight is 233 g/mol. The minimum atomic E-state index is -0.422. The average Bonchev–Trinajstić information content (AvgIpc) is 2.66. The number of carbonyl (C=O) groups excluding carboxylic acids is 2. The zero-order valence-corrected chi connectivity index (χ0v) is 9.31. The van der Waals surface area contributed by atoms with Gasteiger partial charge in [0.2, 0.25) is 11.6 Å². The molecule has 0 saturated heterocycles. The van der Waals surface area contributed by atoms with Crippen molar-refractivity contribution in [3.8, 4) is 0 Å². The van der Waals surface area contributed by atoms with Crippen LogP contribution in [0.2, 0.25) is 0 Å². The molecule has 1 aliphatic carbocycles. The van der Waals surface area contributed by atoms with Gasteiger partial charge in [0.15, 0.2) is 0 Å². The molecular weight excluding hydrogens is 226 g/mol. The van der Waals surface area contributed by atoms with Crippen LogP contribution < -0.4 is 0 Å². The Bertz CT molecular complexity index is 865. The molecule has 1 aromatic heterocycles. The van der Waals surface area contributed by atoms with Crippen LogP contribution in [0.3, 0.4) is 0 Å². The van der Waals surface area contributed by atoms with Gasteiger partial charge in [0.05, 0.1) is 5.52 Å². The Morgan fingerprint density at radius 2 is 1.61 bits per heavy atom. The van der Waals surface area contributed by atoms with Gasteiger partial charge in [-0.25, -0.2) is 0 Å². The first-order valence-electron chi connectivity index (χ1n) is 5.67. The molecule has 18 heavy (non-hydrogen) atoms. The summed E-state index contributed by atoms with van der Waals surface area (Å²) in [5, 5.41) is 2.67. The molecule has 3 heteroatoms. The fourth-order valence-electron chi connectivity index (χ4n) is 2.65. The number of aromatic nitrogens is 1. The summed E-state index contributed by atoms with van der Waals surface area (Å²) in [5.74, 6) is -0.834. The SMILES string of the molecule is O=C1C(=O)c2cc3ncccc3c3cccc1c23. The van der Waals surface area contributed by atoms with Gasteiger partial charge in [0.1, 0.15) is 0 Å². The van der Waals surface area contributed by atoms with Gasteiger partial charge in [-0.15, -0.1) is 0 Å². The van der Waals surface area contributed by atoms with Crippen LogP contribution in [0, 0.1) is 0 Å². The number of fused-ring (bicyclic) bond motifs is 2. The largest absolute Gasteiger partial charge is 0.285 e. The number of nitrogens with zero attached hydrogens (tertiary/aromatic N) is 1. The standard InChI is InChI=1S/C15H7NO2/c17-14-10-4-1-3-9-8-5-2-6-16-12(8)7-11(13(9)10)15(14)18/h1-7H. The number of benzene rings is 2. The fourth-order valence-corrected chi connectivity index (χ4v) is 2.65. The first-order valence-corrected chi connectivity index (χ1v) is 5.67.